The van der Waals surface area contributed by atoms with E-state index in [2.05, 4.69) is 20.9 Å². The molecular weight excluding hydrogens is 488 g/mol. The van der Waals surface area contributed by atoms with E-state index < -0.39 is 18.5 Å². The number of aliphatic imine (C=N–C) groups is 1. The van der Waals surface area contributed by atoms with Crippen molar-refractivity contribution in [2.24, 2.45) is 4.99 Å². The fourth-order valence-electron chi connectivity index (χ4n) is 2.73. The first-order valence-electron chi connectivity index (χ1n) is 9.06. The highest BCUT2D eigenvalue weighted by molar-refractivity contribution is 9.10. The predicted molar refractivity (Wildman–Crippen MR) is 121 cm³/mol. The molecule has 0 saturated carbocycles. The third-order valence-corrected chi connectivity index (χ3v) is 5.63. The molecule has 10 heteroatoms. The van der Waals surface area contributed by atoms with Gasteiger partial charge in [0.25, 0.3) is 5.91 Å². The molecule has 2 aromatic rings. The van der Waals surface area contributed by atoms with Crippen LogP contribution in [-0.2, 0) is 9.59 Å². The number of aliphatic carboxylic acids is 1. The molecule has 0 bridgehead atoms. The van der Waals surface area contributed by atoms with Crippen molar-refractivity contribution in [3.63, 3.8) is 0 Å². The van der Waals surface area contributed by atoms with E-state index in [0.717, 1.165) is 16.2 Å². The van der Waals surface area contributed by atoms with E-state index in [1.54, 1.807) is 36.4 Å². The van der Waals surface area contributed by atoms with Gasteiger partial charge in [-0.05, 0) is 61.2 Å². The van der Waals surface area contributed by atoms with Crippen molar-refractivity contribution >= 4 is 62.5 Å². The first-order valence-corrected chi connectivity index (χ1v) is 10.7. The number of carbonyl (C=O) groups is 3. The highest BCUT2D eigenvalue weighted by Gasteiger charge is 2.32. The van der Waals surface area contributed by atoms with Crippen molar-refractivity contribution in [2.45, 2.75) is 6.92 Å². The van der Waals surface area contributed by atoms with Crippen LogP contribution in [0.5, 0.6) is 5.75 Å². The number of ether oxygens (including phenoxy) is 1. The van der Waals surface area contributed by atoms with Crippen molar-refractivity contribution in [2.75, 3.05) is 13.2 Å². The smallest absolute Gasteiger partial charge is 0.341 e. The van der Waals surface area contributed by atoms with Crippen molar-refractivity contribution in [1.29, 1.82) is 0 Å². The van der Waals surface area contributed by atoms with Gasteiger partial charge in [0.15, 0.2) is 11.8 Å². The van der Waals surface area contributed by atoms with Crippen LogP contribution in [0.4, 0.5) is 5.69 Å². The van der Waals surface area contributed by atoms with Crippen molar-refractivity contribution in [1.82, 2.24) is 4.90 Å². The van der Waals surface area contributed by atoms with E-state index in [9.17, 15) is 14.4 Å². The summed E-state index contributed by atoms with van der Waals surface area (Å²) in [4.78, 5) is 41.3. The zero-order chi connectivity index (χ0) is 22.5. The van der Waals surface area contributed by atoms with Gasteiger partial charge in [0.2, 0.25) is 0 Å². The summed E-state index contributed by atoms with van der Waals surface area (Å²) < 4.78 is 6.07. The summed E-state index contributed by atoms with van der Waals surface area (Å²) in [5, 5.41) is 18.5. The molecule has 31 heavy (non-hydrogen) atoms. The van der Waals surface area contributed by atoms with Crippen LogP contribution < -0.4 is 4.74 Å². The molecule has 8 nitrogen and oxygen atoms in total. The Morgan fingerprint density at radius 3 is 2.68 bits per heavy atom. The van der Waals surface area contributed by atoms with Crippen LogP contribution in [0.15, 0.2) is 56.8 Å². The van der Waals surface area contributed by atoms with Gasteiger partial charge in [-0.1, -0.05) is 22.0 Å². The van der Waals surface area contributed by atoms with Gasteiger partial charge in [0.05, 0.1) is 16.2 Å². The molecule has 2 aromatic carbocycles. The van der Waals surface area contributed by atoms with Crippen LogP contribution in [0.1, 0.15) is 22.8 Å². The normalized spacial score (nSPS) is 16.2. The summed E-state index contributed by atoms with van der Waals surface area (Å²) in [6.07, 6.45) is 1.62. The van der Waals surface area contributed by atoms with Gasteiger partial charge in [-0.2, -0.15) is 0 Å². The molecule has 160 valence electrons. The Morgan fingerprint density at radius 2 is 2.00 bits per heavy atom. The Morgan fingerprint density at radius 1 is 1.23 bits per heavy atom. The molecule has 0 radical (unpaired) electrons. The number of rotatable bonds is 7. The molecule has 1 saturated heterocycles. The van der Waals surface area contributed by atoms with Gasteiger partial charge < -0.3 is 14.9 Å². The first-order chi connectivity index (χ1) is 14.8. The number of likely N-dealkylation sites (N-methyl/N-ethyl adjacent to an activating group) is 1. The van der Waals surface area contributed by atoms with E-state index in [-0.39, 0.29) is 11.5 Å². The predicted octanol–water partition coefficient (Wildman–Crippen LogP) is 4.23. The number of aromatic carboxylic acids is 1. The van der Waals surface area contributed by atoms with Gasteiger partial charge in [-0.15, -0.1) is 0 Å². The van der Waals surface area contributed by atoms with E-state index in [4.69, 9.17) is 14.9 Å². The minimum Gasteiger partial charge on any atom is -0.481 e. The van der Waals surface area contributed by atoms with Crippen LogP contribution in [0.3, 0.4) is 0 Å². The van der Waals surface area contributed by atoms with Crippen LogP contribution in [0.25, 0.3) is 6.08 Å². The minimum absolute atomic E-state index is 0.101. The lowest BCUT2D eigenvalue weighted by Gasteiger charge is -2.12. The molecule has 1 amide bonds. The molecule has 1 heterocycles. The molecule has 0 aliphatic carbocycles. The van der Waals surface area contributed by atoms with Crippen LogP contribution in [0, 0.1) is 0 Å². The van der Waals surface area contributed by atoms with E-state index in [0.29, 0.717) is 33.6 Å². The van der Waals surface area contributed by atoms with Gasteiger partial charge >= 0.3 is 11.9 Å². The molecule has 2 N–H and O–H groups in total. The lowest BCUT2D eigenvalue weighted by molar-refractivity contribution is -0.139. The third kappa shape index (κ3) is 5.53. The van der Waals surface area contributed by atoms with Gasteiger partial charge in [0, 0.05) is 16.6 Å². The lowest BCUT2D eigenvalue weighted by atomic mass is 10.2. The standard InChI is InChI=1S/C21H17BrN2O6S/c1-2-24-19(27)17(10-13-8-14(22)6-7-16(13)30-11-18(25)26)31-21(24)23-15-5-3-4-12(9-15)20(28)29/h3-10H,2,11H2,1H3,(H,25,26)(H,28,29). The number of benzene rings is 2. The average Bonchev–Trinajstić information content (AvgIpc) is 3.01. The summed E-state index contributed by atoms with van der Waals surface area (Å²) in [6, 6.07) is 11.2. The topological polar surface area (TPSA) is 117 Å². The zero-order valence-corrected chi connectivity index (χ0v) is 18.6. The molecular formula is C21H17BrN2O6S. The average molecular weight is 505 g/mol. The summed E-state index contributed by atoms with van der Waals surface area (Å²) >= 11 is 4.51. The quantitative estimate of drug-likeness (QED) is 0.541. The maximum absolute atomic E-state index is 12.9. The third-order valence-electron chi connectivity index (χ3n) is 4.13. The fraction of sp³-hybridized carbons (Fsp3) is 0.143. The van der Waals surface area contributed by atoms with E-state index in [1.165, 1.54) is 17.0 Å². The minimum atomic E-state index is -1.11. The number of hydrogen-bond acceptors (Lipinski definition) is 6. The number of halogens is 1. The maximum atomic E-state index is 12.9. The highest BCUT2D eigenvalue weighted by atomic mass is 79.9. The monoisotopic (exact) mass is 504 g/mol. The van der Waals surface area contributed by atoms with Crippen molar-refractivity contribution < 1.29 is 29.3 Å². The van der Waals surface area contributed by atoms with Crippen LogP contribution in [0.2, 0.25) is 0 Å². The lowest BCUT2D eigenvalue weighted by Crippen LogP contribution is -2.28. The van der Waals surface area contributed by atoms with E-state index in [1.807, 2.05) is 6.92 Å². The molecule has 0 aromatic heterocycles. The maximum Gasteiger partial charge on any atom is 0.341 e. The second kappa shape index (κ2) is 9.80. The number of carboxylic acid groups (broad SMARTS) is 2. The zero-order valence-electron chi connectivity index (χ0n) is 16.2. The van der Waals surface area contributed by atoms with Gasteiger partial charge in [-0.3, -0.25) is 9.69 Å². The van der Waals surface area contributed by atoms with Gasteiger partial charge in [0.1, 0.15) is 5.75 Å². The number of carboxylic acids is 2. The van der Waals surface area contributed by atoms with Crippen LogP contribution >= 0.6 is 27.7 Å². The molecule has 0 unspecified atom stereocenters. The Hall–Kier alpha value is -3.11. The second-order valence-electron chi connectivity index (χ2n) is 6.27. The second-order valence-corrected chi connectivity index (χ2v) is 8.20. The number of nitrogens with zero attached hydrogens (tertiary/aromatic N) is 2. The fourth-order valence-corrected chi connectivity index (χ4v) is 4.17. The molecule has 0 atom stereocenters. The number of thioether (sulfide) groups is 1. The summed E-state index contributed by atoms with van der Waals surface area (Å²) in [7, 11) is 0. The Balaban J connectivity index is 1.96. The SMILES string of the molecule is CCN1C(=O)C(=Cc2cc(Br)ccc2OCC(=O)O)SC1=Nc1cccc(C(=O)O)c1. The Labute approximate surface area is 190 Å². The Bertz CT molecular complexity index is 1110. The summed E-state index contributed by atoms with van der Waals surface area (Å²) in [5.74, 6) is -2.10. The van der Waals surface area contributed by atoms with E-state index >= 15 is 0 Å². The number of amidine groups is 1. The number of amides is 1. The van der Waals surface area contributed by atoms with Crippen LogP contribution in [-0.4, -0.2) is 51.3 Å². The first kappa shape index (κ1) is 22.6. The summed E-state index contributed by atoms with van der Waals surface area (Å²) in [5.41, 5.74) is 1.06. The van der Waals surface area contributed by atoms with Gasteiger partial charge in [-0.25, -0.2) is 14.6 Å². The highest BCUT2D eigenvalue weighted by Crippen LogP contribution is 2.36. The number of carbonyl (C=O) groups excluding carboxylic acids is 1. The van der Waals surface area contributed by atoms with Crippen molar-refractivity contribution in [3.8, 4) is 5.75 Å². The van der Waals surface area contributed by atoms with Crippen molar-refractivity contribution in [3.05, 3.63) is 63.0 Å². The largest absolute Gasteiger partial charge is 0.481 e. The molecule has 1 fully saturated rings. The molecule has 3 rings (SSSR count). The summed E-state index contributed by atoms with van der Waals surface area (Å²) in [6.45, 7) is 1.68. The number of hydrogen-bond donors (Lipinski definition) is 2. The molecule has 1 aliphatic heterocycles. The molecule has 0 spiro atoms. The molecule has 1 aliphatic rings. The Kier molecular flexibility index (Phi) is 7.13.